The molecule has 100 valence electrons. The fourth-order valence-electron chi connectivity index (χ4n) is 3.14. The minimum atomic E-state index is -0.162. The van der Waals surface area contributed by atoms with Gasteiger partial charge in [0.15, 0.2) is 0 Å². The van der Waals surface area contributed by atoms with Gasteiger partial charge in [0.05, 0.1) is 11.2 Å². The molecule has 2 aliphatic rings. The van der Waals surface area contributed by atoms with Crippen LogP contribution in [0, 0.1) is 5.82 Å². The fourth-order valence-corrected chi connectivity index (χ4v) is 3.14. The molecule has 2 aliphatic carbocycles. The highest BCUT2D eigenvalue weighted by atomic mass is 19.1. The van der Waals surface area contributed by atoms with Gasteiger partial charge in [0.1, 0.15) is 5.82 Å². The van der Waals surface area contributed by atoms with Crippen LogP contribution >= 0.6 is 0 Å². The van der Waals surface area contributed by atoms with Crippen LogP contribution in [0.1, 0.15) is 48.9 Å². The molecule has 0 bridgehead atoms. The topological polar surface area (TPSA) is 17.3 Å². The highest BCUT2D eigenvalue weighted by Gasteiger charge is 2.30. The highest BCUT2D eigenvalue weighted by Crippen LogP contribution is 2.44. The van der Waals surface area contributed by atoms with Gasteiger partial charge in [-0.2, -0.15) is 5.10 Å². The molecule has 2 aromatic heterocycles. The number of halogens is 1. The SMILES string of the molecule is Fc1ccc2c(c1)cc(C1CC1)n1nc(C3CC3)cc21. The molecule has 20 heavy (non-hydrogen) atoms. The summed E-state index contributed by atoms with van der Waals surface area (Å²) in [6.07, 6.45) is 4.98. The van der Waals surface area contributed by atoms with Gasteiger partial charge < -0.3 is 0 Å². The normalized spacial score (nSPS) is 19.1. The third-order valence-electron chi connectivity index (χ3n) is 4.56. The molecule has 0 aliphatic heterocycles. The third-order valence-corrected chi connectivity index (χ3v) is 4.56. The second-order valence-corrected chi connectivity index (χ2v) is 6.22. The van der Waals surface area contributed by atoms with E-state index in [0.717, 1.165) is 16.3 Å². The van der Waals surface area contributed by atoms with E-state index in [2.05, 4.69) is 16.6 Å². The van der Waals surface area contributed by atoms with Gasteiger partial charge in [-0.1, -0.05) is 0 Å². The Kier molecular flexibility index (Phi) is 1.95. The number of benzene rings is 1. The second kappa shape index (κ2) is 3.60. The summed E-state index contributed by atoms with van der Waals surface area (Å²) >= 11 is 0. The van der Waals surface area contributed by atoms with Crippen molar-refractivity contribution in [2.24, 2.45) is 0 Å². The van der Waals surface area contributed by atoms with Gasteiger partial charge >= 0.3 is 0 Å². The van der Waals surface area contributed by atoms with Gasteiger partial charge in [-0.3, -0.25) is 0 Å². The van der Waals surface area contributed by atoms with Gasteiger partial charge in [0.2, 0.25) is 0 Å². The Morgan fingerprint density at radius 3 is 2.55 bits per heavy atom. The van der Waals surface area contributed by atoms with Gasteiger partial charge in [-0.15, -0.1) is 0 Å². The zero-order valence-electron chi connectivity index (χ0n) is 11.1. The minimum absolute atomic E-state index is 0.162. The third kappa shape index (κ3) is 1.52. The lowest BCUT2D eigenvalue weighted by atomic mass is 10.1. The number of nitrogens with zero attached hydrogens (tertiary/aromatic N) is 2. The number of pyridine rings is 1. The molecule has 0 N–H and O–H groups in total. The molecule has 2 fully saturated rings. The highest BCUT2D eigenvalue weighted by molar-refractivity contribution is 5.96. The Hall–Kier alpha value is -1.90. The van der Waals surface area contributed by atoms with E-state index in [1.807, 2.05) is 6.07 Å². The number of rotatable bonds is 2. The van der Waals surface area contributed by atoms with Gasteiger partial charge in [0, 0.05) is 22.9 Å². The molecule has 3 heteroatoms. The first-order valence-corrected chi connectivity index (χ1v) is 7.41. The smallest absolute Gasteiger partial charge is 0.123 e. The van der Waals surface area contributed by atoms with Crippen LogP contribution in [0.5, 0.6) is 0 Å². The molecule has 0 unspecified atom stereocenters. The van der Waals surface area contributed by atoms with E-state index in [9.17, 15) is 4.39 Å². The summed E-state index contributed by atoms with van der Waals surface area (Å²) in [7, 11) is 0. The predicted molar refractivity (Wildman–Crippen MR) is 76.6 cm³/mol. The monoisotopic (exact) mass is 266 g/mol. The summed E-state index contributed by atoms with van der Waals surface area (Å²) in [6, 6.07) is 9.42. The van der Waals surface area contributed by atoms with E-state index in [1.54, 1.807) is 12.1 Å². The van der Waals surface area contributed by atoms with Crippen molar-refractivity contribution in [3.8, 4) is 0 Å². The maximum absolute atomic E-state index is 13.5. The Bertz CT molecular complexity index is 841. The van der Waals surface area contributed by atoms with Crippen molar-refractivity contribution in [3.05, 3.63) is 47.5 Å². The zero-order chi connectivity index (χ0) is 13.3. The molecule has 2 nitrogen and oxygen atoms in total. The first-order valence-electron chi connectivity index (χ1n) is 7.41. The Morgan fingerprint density at radius 1 is 1.00 bits per heavy atom. The maximum atomic E-state index is 13.5. The number of aromatic nitrogens is 2. The van der Waals surface area contributed by atoms with Crippen LogP contribution in [-0.4, -0.2) is 9.61 Å². The molecule has 1 aromatic carbocycles. The van der Waals surface area contributed by atoms with E-state index in [0.29, 0.717) is 11.8 Å². The van der Waals surface area contributed by atoms with E-state index in [-0.39, 0.29) is 5.82 Å². The Morgan fingerprint density at radius 2 is 1.80 bits per heavy atom. The molecule has 0 amide bonds. The van der Waals surface area contributed by atoms with E-state index in [1.165, 1.54) is 37.1 Å². The lowest BCUT2D eigenvalue weighted by Gasteiger charge is -2.07. The van der Waals surface area contributed by atoms with Gasteiger partial charge in [-0.25, -0.2) is 8.91 Å². The van der Waals surface area contributed by atoms with Crippen LogP contribution in [0.4, 0.5) is 4.39 Å². The lowest BCUT2D eigenvalue weighted by molar-refractivity contribution is 0.629. The van der Waals surface area contributed by atoms with Crippen molar-refractivity contribution in [2.75, 3.05) is 0 Å². The largest absolute Gasteiger partial charge is 0.237 e. The first kappa shape index (κ1) is 10.8. The fraction of sp³-hybridized carbons (Fsp3) is 0.353. The number of fused-ring (bicyclic) bond motifs is 3. The molecule has 0 atom stereocenters. The Balaban J connectivity index is 1.89. The second-order valence-electron chi connectivity index (χ2n) is 6.22. The summed E-state index contributed by atoms with van der Waals surface area (Å²) in [5.74, 6) is 1.10. The van der Waals surface area contributed by atoms with E-state index < -0.39 is 0 Å². The van der Waals surface area contributed by atoms with Gasteiger partial charge in [-0.05, 0) is 61.4 Å². The quantitative estimate of drug-likeness (QED) is 0.672. The van der Waals surface area contributed by atoms with Crippen LogP contribution < -0.4 is 0 Å². The predicted octanol–water partition coefficient (Wildman–Crippen LogP) is 4.38. The summed E-state index contributed by atoms with van der Waals surface area (Å²) in [4.78, 5) is 0. The van der Waals surface area contributed by atoms with Crippen molar-refractivity contribution in [3.63, 3.8) is 0 Å². The minimum Gasteiger partial charge on any atom is -0.237 e. The van der Waals surface area contributed by atoms with Crippen LogP contribution in [0.15, 0.2) is 30.3 Å². The van der Waals surface area contributed by atoms with Crippen molar-refractivity contribution >= 4 is 16.3 Å². The average Bonchev–Trinajstić information content (AvgIpc) is 3.34. The molecule has 0 spiro atoms. The number of hydrogen-bond donors (Lipinski definition) is 0. The Labute approximate surface area is 116 Å². The molecule has 3 aromatic rings. The summed E-state index contributed by atoms with van der Waals surface area (Å²) in [6.45, 7) is 0. The summed E-state index contributed by atoms with van der Waals surface area (Å²) < 4.78 is 15.6. The molecule has 2 saturated carbocycles. The summed E-state index contributed by atoms with van der Waals surface area (Å²) in [5, 5.41) is 6.94. The summed E-state index contributed by atoms with van der Waals surface area (Å²) in [5.41, 5.74) is 3.61. The maximum Gasteiger partial charge on any atom is 0.123 e. The first-order chi connectivity index (χ1) is 9.79. The van der Waals surface area contributed by atoms with Crippen molar-refractivity contribution in [1.29, 1.82) is 0 Å². The van der Waals surface area contributed by atoms with E-state index in [4.69, 9.17) is 5.10 Å². The molecule has 0 saturated heterocycles. The molecular formula is C17H15FN2. The van der Waals surface area contributed by atoms with Crippen molar-refractivity contribution < 1.29 is 4.39 Å². The van der Waals surface area contributed by atoms with Crippen LogP contribution in [0.25, 0.3) is 16.3 Å². The van der Waals surface area contributed by atoms with Crippen LogP contribution in [0.3, 0.4) is 0 Å². The lowest BCUT2D eigenvalue weighted by Crippen LogP contribution is -1.98. The number of hydrogen-bond acceptors (Lipinski definition) is 1. The molecule has 2 heterocycles. The molecule has 0 radical (unpaired) electrons. The van der Waals surface area contributed by atoms with Crippen molar-refractivity contribution in [2.45, 2.75) is 37.5 Å². The zero-order valence-corrected chi connectivity index (χ0v) is 11.1. The average molecular weight is 266 g/mol. The van der Waals surface area contributed by atoms with Crippen molar-refractivity contribution in [1.82, 2.24) is 9.61 Å². The van der Waals surface area contributed by atoms with E-state index >= 15 is 0 Å². The molecule has 5 rings (SSSR count). The molecular weight excluding hydrogens is 251 g/mol. The van der Waals surface area contributed by atoms with Gasteiger partial charge in [0.25, 0.3) is 0 Å². The van der Waals surface area contributed by atoms with Crippen LogP contribution in [-0.2, 0) is 0 Å². The standard InChI is InChI=1S/C17H15FN2/c18-13-5-6-14-12(7-13)8-16(11-3-4-11)20-17(14)9-15(19-20)10-1-2-10/h5-11H,1-4H2. The van der Waals surface area contributed by atoms with Crippen LogP contribution in [0.2, 0.25) is 0 Å².